The van der Waals surface area contributed by atoms with Crippen LogP contribution in [0.25, 0.3) is 33.5 Å². The second-order valence-corrected chi connectivity index (χ2v) is 22.6. The Morgan fingerprint density at radius 1 is 0.595 bits per heavy atom. The molecule has 0 aromatic carbocycles. The number of nitrogens with one attached hydrogen (secondary N) is 1. The number of carbonyl (C=O) groups excluding carboxylic acids is 1. The van der Waals surface area contributed by atoms with Crippen molar-refractivity contribution in [2.24, 2.45) is 0 Å². The third-order valence-corrected chi connectivity index (χ3v) is 16.1. The number of unbranched alkanes of at least 4 members (excludes halogenated alkanes) is 12. The van der Waals surface area contributed by atoms with Gasteiger partial charge in [-0.2, -0.15) is 0 Å². The van der Waals surface area contributed by atoms with E-state index in [0.717, 1.165) is 32.0 Å². The zero-order valence-electron chi connectivity index (χ0n) is 43.4. The van der Waals surface area contributed by atoms with Gasteiger partial charge in [0, 0.05) is 19.4 Å². The Morgan fingerprint density at radius 3 is 1.56 bits per heavy atom. The van der Waals surface area contributed by atoms with Crippen molar-refractivity contribution in [2.75, 3.05) is 37.0 Å². The summed E-state index contributed by atoms with van der Waals surface area (Å²) in [5.74, 6) is -0.0798. The van der Waals surface area contributed by atoms with E-state index in [2.05, 4.69) is 57.1 Å². The number of phosphoric ester groups is 2. The molecule has 2 unspecified atom stereocenters. The molecule has 13 atom stereocenters. The van der Waals surface area contributed by atoms with Crippen LogP contribution in [0.2, 0.25) is 0 Å². The second-order valence-electron chi connectivity index (χ2n) is 19.8. The molecule has 432 valence electrons. The molecule has 33 heteroatoms. The quantitative estimate of drug-likeness (QED) is 0.0241. The molecule has 0 radical (unpaired) electrons. The average Bonchev–Trinajstić information content (AvgIpc) is 4.47. The van der Waals surface area contributed by atoms with E-state index in [0.29, 0.717) is 6.42 Å². The van der Waals surface area contributed by atoms with E-state index in [9.17, 15) is 39.0 Å². The van der Waals surface area contributed by atoms with Crippen molar-refractivity contribution < 1.29 is 71.3 Å². The summed E-state index contributed by atoms with van der Waals surface area (Å²) >= 11 is 0. The number of aliphatic hydroxyl groups excluding tert-OH is 3. The topological polar surface area (TPSA) is 438 Å². The number of phosphoric acid groups is 2. The van der Waals surface area contributed by atoms with Crippen LogP contribution in [0.15, 0.2) is 38.0 Å². The van der Waals surface area contributed by atoms with Crippen LogP contribution in [0.5, 0.6) is 0 Å². The van der Waals surface area contributed by atoms with Crippen LogP contribution in [0.4, 0.5) is 17.5 Å². The third-order valence-electron chi connectivity index (χ3n) is 14.1. The monoisotopic (exact) mass is 1150 g/mol. The number of hydrogen-bond donors (Lipinski definition) is 9. The third kappa shape index (κ3) is 13.8. The predicted molar refractivity (Wildman–Crippen MR) is 278 cm³/mol. The molecule has 12 N–H and O–H groups in total. The number of anilines is 3. The number of fused-ring (bicyclic) bond motifs is 3. The molecule has 1 amide bonds. The Balaban J connectivity index is 0.819. The Labute approximate surface area is 452 Å². The summed E-state index contributed by atoms with van der Waals surface area (Å²) in [4.78, 5) is 72.5. The van der Waals surface area contributed by atoms with Crippen molar-refractivity contribution in [1.82, 2.24) is 63.9 Å². The summed E-state index contributed by atoms with van der Waals surface area (Å²) in [5.41, 5.74) is 19.0. The Bertz CT molecular complexity index is 3100. The molecule has 3 saturated heterocycles. The highest BCUT2D eigenvalue weighted by Crippen LogP contribution is 2.53. The lowest BCUT2D eigenvalue weighted by Gasteiger charge is -2.25. The number of imidazole rings is 3. The van der Waals surface area contributed by atoms with Crippen molar-refractivity contribution in [1.29, 1.82) is 0 Å². The van der Waals surface area contributed by atoms with Crippen molar-refractivity contribution in [2.45, 2.75) is 171 Å². The van der Waals surface area contributed by atoms with Gasteiger partial charge in [-0.15, -0.1) is 0 Å². The second kappa shape index (κ2) is 26.0. The molecule has 0 aliphatic carbocycles. The van der Waals surface area contributed by atoms with E-state index in [1.54, 1.807) is 0 Å². The van der Waals surface area contributed by atoms with Crippen LogP contribution in [-0.2, 0) is 46.2 Å². The summed E-state index contributed by atoms with van der Waals surface area (Å²) in [6.07, 6.45) is 7.02. The molecule has 0 bridgehead atoms. The fraction of sp³-hybridized carbons (Fsp3) is 0.652. The maximum absolute atomic E-state index is 13.9. The Morgan fingerprint density at radius 2 is 1.04 bits per heavy atom. The molecule has 0 spiro atoms. The molecule has 6 aromatic rings. The number of nitrogen functional groups attached to an aromatic ring is 3. The van der Waals surface area contributed by atoms with E-state index >= 15 is 0 Å². The van der Waals surface area contributed by atoms with Gasteiger partial charge in [-0.05, 0) is 6.42 Å². The molecule has 6 aromatic heterocycles. The number of aromatic nitrogens is 12. The highest BCUT2D eigenvalue weighted by atomic mass is 31.2. The first-order chi connectivity index (χ1) is 38.0. The van der Waals surface area contributed by atoms with Gasteiger partial charge in [0.1, 0.15) is 78.3 Å². The van der Waals surface area contributed by atoms with E-state index in [4.69, 9.17) is 49.5 Å². The molecule has 9 rings (SSSR count). The minimum absolute atomic E-state index is 0.0179. The van der Waals surface area contributed by atoms with Crippen LogP contribution >= 0.6 is 15.6 Å². The number of ether oxygens (including phenoxy) is 3. The minimum Gasteiger partial charge on any atom is -0.387 e. The zero-order chi connectivity index (χ0) is 55.8. The lowest BCUT2D eigenvalue weighted by atomic mass is 10.0. The Hall–Kier alpha value is -5.50. The smallest absolute Gasteiger partial charge is 0.387 e. The van der Waals surface area contributed by atoms with E-state index in [1.165, 1.54) is 103 Å². The maximum Gasteiger partial charge on any atom is 0.472 e. The summed E-state index contributed by atoms with van der Waals surface area (Å²) in [5, 5.41) is 36.5. The molecule has 3 fully saturated rings. The molecule has 3 aliphatic heterocycles. The van der Waals surface area contributed by atoms with Crippen LogP contribution < -0.4 is 22.5 Å². The SMILES string of the molecule is CCCCCCCCCCCCCCCC(=O)NC[C@@H]1C[C@@H](OP(=O)(O)OC[C@H]2O[C@@H](n3cnc4c(N)ncnc43)[C@H](OP(=O)(O)OC[C@H]3O[C@@H](n4cnc5c(N)ncnc54)[C@H](O)[C@@H]3O)[C@@H]2O)[C@H](n2cnc3c(N)ncnc32)O1. The van der Waals surface area contributed by atoms with E-state index in [1.807, 2.05) is 0 Å². The van der Waals surface area contributed by atoms with E-state index < -0.39 is 96.4 Å². The number of hydrogen-bond acceptors (Lipinski definition) is 25. The molecule has 79 heavy (non-hydrogen) atoms. The van der Waals surface area contributed by atoms with Gasteiger partial charge in [0.25, 0.3) is 0 Å². The maximum atomic E-state index is 13.9. The van der Waals surface area contributed by atoms with Gasteiger partial charge in [0.05, 0.1) is 38.3 Å². The number of aliphatic hydroxyl groups is 3. The standard InChI is InChI=1S/C46H68N16O15P2/c1-2-3-4-5-6-7-8-9-10-11-12-13-14-15-30(63)50-17-26-16-27(44(73-26)60-23-57-31-38(47)51-20-54-41(31)60)76-78(67,68)71-19-29-35(65)37(46(75-29)62-25-59-33-40(49)53-22-56-43(33)62)77-79(69,70)72-18-28-34(64)36(66)45(74-28)61-24-58-32-39(48)52-21-55-42(32)61/h20-29,34-37,44-46,64-66H,2-19H2,1H3,(H,50,63)(H,67,68)(H,69,70)(H2,47,51,54)(H2,48,52,55)(H2,49,53,56)/t26-,27+,28+,29+,34+,35+,36+,37+,44+,45+,46+/m0/s1. The highest BCUT2D eigenvalue weighted by Gasteiger charge is 2.52. The van der Waals surface area contributed by atoms with Crippen LogP contribution in [0.3, 0.4) is 0 Å². The van der Waals surface area contributed by atoms with Gasteiger partial charge in [-0.3, -0.25) is 36.6 Å². The van der Waals surface area contributed by atoms with Gasteiger partial charge in [0.2, 0.25) is 5.91 Å². The fourth-order valence-corrected chi connectivity index (χ4v) is 11.8. The first-order valence-electron chi connectivity index (χ1n) is 26.4. The first-order valence-corrected chi connectivity index (χ1v) is 29.4. The molecular formula is C46H68N16O15P2. The van der Waals surface area contributed by atoms with Crippen LogP contribution in [0.1, 0.15) is 122 Å². The molecule has 9 heterocycles. The van der Waals surface area contributed by atoms with Crippen LogP contribution in [-0.4, -0.2) is 158 Å². The van der Waals surface area contributed by atoms with Crippen molar-refractivity contribution in [3.63, 3.8) is 0 Å². The number of amides is 1. The number of nitrogens with two attached hydrogens (primary N) is 3. The molecular weight excluding hydrogens is 1080 g/mol. The fourth-order valence-electron chi connectivity index (χ4n) is 9.99. The number of nitrogens with zero attached hydrogens (tertiary/aromatic N) is 12. The van der Waals surface area contributed by atoms with Gasteiger partial charge in [0.15, 0.2) is 53.1 Å². The van der Waals surface area contributed by atoms with Gasteiger partial charge in [-0.25, -0.2) is 54.0 Å². The lowest BCUT2D eigenvalue weighted by molar-refractivity contribution is -0.122. The molecule has 3 aliphatic rings. The zero-order valence-corrected chi connectivity index (χ0v) is 45.1. The van der Waals surface area contributed by atoms with Gasteiger partial charge < -0.3 is 61.8 Å². The van der Waals surface area contributed by atoms with Gasteiger partial charge in [-0.1, -0.05) is 84.0 Å². The lowest BCUT2D eigenvalue weighted by Crippen LogP contribution is -2.36. The first kappa shape index (κ1) is 58.2. The van der Waals surface area contributed by atoms with Crippen LogP contribution in [0, 0.1) is 0 Å². The summed E-state index contributed by atoms with van der Waals surface area (Å²) < 4.78 is 72.0. The Kier molecular flexibility index (Phi) is 19.1. The van der Waals surface area contributed by atoms with Crippen molar-refractivity contribution in [3.8, 4) is 0 Å². The highest BCUT2D eigenvalue weighted by molar-refractivity contribution is 7.47. The normalized spacial score (nSPS) is 26.8. The minimum atomic E-state index is -5.29. The van der Waals surface area contributed by atoms with Gasteiger partial charge >= 0.3 is 15.6 Å². The van der Waals surface area contributed by atoms with E-state index in [-0.39, 0.29) is 69.8 Å². The number of carbonyl (C=O) groups is 1. The molecule has 0 saturated carbocycles. The summed E-state index contributed by atoms with van der Waals surface area (Å²) in [6, 6.07) is 0. The average molecular weight is 1150 g/mol. The summed E-state index contributed by atoms with van der Waals surface area (Å²) in [7, 11) is -10.4. The predicted octanol–water partition coefficient (Wildman–Crippen LogP) is 3.02. The van der Waals surface area contributed by atoms with Crippen molar-refractivity contribution in [3.05, 3.63) is 38.0 Å². The summed E-state index contributed by atoms with van der Waals surface area (Å²) in [6.45, 7) is 0.566. The van der Waals surface area contributed by atoms with Crippen molar-refractivity contribution >= 4 is 72.5 Å². The largest absolute Gasteiger partial charge is 0.472 e. The molecule has 31 nitrogen and oxygen atoms in total. The number of rotatable bonds is 29.